The standard InChI is InChI=1S/C15H16N6O2/c1-20-14(11(23-2)7-16-20)10-5-6-13-17-12(8-21(13)19-10)18-15(22)9-3-4-9/h5-9H,3-4H2,1-2H3,(H,18,22). The van der Waals surface area contributed by atoms with Crippen LogP contribution in [0.3, 0.4) is 0 Å². The quantitative estimate of drug-likeness (QED) is 0.788. The van der Waals surface area contributed by atoms with Crippen molar-refractivity contribution < 1.29 is 9.53 Å². The number of carbonyl (C=O) groups excluding carboxylic acids is 1. The Kier molecular flexibility index (Phi) is 3.03. The lowest BCUT2D eigenvalue weighted by Gasteiger charge is -2.04. The number of fused-ring (bicyclic) bond motifs is 1. The minimum atomic E-state index is 0.0296. The molecule has 8 heteroatoms. The van der Waals surface area contributed by atoms with Gasteiger partial charge in [-0.15, -0.1) is 0 Å². The van der Waals surface area contributed by atoms with Gasteiger partial charge in [-0.2, -0.15) is 10.2 Å². The highest BCUT2D eigenvalue weighted by molar-refractivity contribution is 5.93. The molecule has 0 aliphatic heterocycles. The molecule has 1 N–H and O–H groups in total. The molecule has 118 valence electrons. The molecule has 1 saturated carbocycles. The molecule has 8 nitrogen and oxygen atoms in total. The second kappa shape index (κ2) is 5.08. The molecule has 0 unspecified atom stereocenters. The van der Waals surface area contributed by atoms with Crippen LogP contribution in [0.5, 0.6) is 5.75 Å². The molecule has 0 aromatic carbocycles. The Labute approximate surface area is 132 Å². The zero-order valence-electron chi connectivity index (χ0n) is 12.9. The zero-order chi connectivity index (χ0) is 16.0. The van der Waals surface area contributed by atoms with E-state index in [-0.39, 0.29) is 11.8 Å². The molecule has 23 heavy (non-hydrogen) atoms. The summed E-state index contributed by atoms with van der Waals surface area (Å²) in [7, 11) is 3.43. The van der Waals surface area contributed by atoms with Gasteiger partial charge in [0.2, 0.25) is 5.91 Å². The van der Waals surface area contributed by atoms with Gasteiger partial charge in [-0.05, 0) is 25.0 Å². The number of anilines is 1. The monoisotopic (exact) mass is 312 g/mol. The van der Waals surface area contributed by atoms with Crippen LogP contribution in [-0.4, -0.2) is 37.4 Å². The van der Waals surface area contributed by atoms with E-state index in [4.69, 9.17) is 4.74 Å². The van der Waals surface area contributed by atoms with Crippen LogP contribution >= 0.6 is 0 Å². The summed E-state index contributed by atoms with van der Waals surface area (Å²) in [5.41, 5.74) is 2.17. The fourth-order valence-corrected chi connectivity index (χ4v) is 2.50. The van der Waals surface area contributed by atoms with Crippen LogP contribution in [0.15, 0.2) is 24.5 Å². The van der Waals surface area contributed by atoms with Gasteiger partial charge in [0.15, 0.2) is 17.2 Å². The van der Waals surface area contributed by atoms with E-state index in [1.165, 1.54) is 0 Å². The van der Waals surface area contributed by atoms with E-state index in [0.29, 0.717) is 22.9 Å². The third-order valence-corrected chi connectivity index (χ3v) is 3.89. The van der Waals surface area contributed by atoms with E-state index in [0.717, 1.165) is 18.5 Å². The molecule has 1 amide bonds. The van der Waals surface area contributed by atoms with Crippen molar-refractivity contribution in [2.45, 2.75) is 12.8 Å². The lowest BCUT2D eigenvalue weighted by Crippen LogP contribution is -2.13. The third-order valence-electron chi connectivity index (χ3n) is 3.89. The van der Waals surface area contributed by atoms with E-state index >= 15 is 0 Å². The molecule has 4 rings (SSSR count). The summed E-state index contributed by atoms with van der Waals surface area (Å²) in [6, 6.07) is 3.70. The third kappa shape index (κ3) is 2.41. The van der Waals surface area contributed by atoms with E-state index < -0.39 is 0 Å². The summed E-state index contributed by atoms with van der Waals surface area (Å²) in [5.74, 6) is 1.34. The highest BCUT2D eigenvalue weighted by Crippen LogP contribution is 2.30. The van der Waals surface area contributed by atoms with Gasteiger partial charge < -0.3 is 10.1 Å². The van der Waals surface area contributed by atoms with E-state index in [1.807, 2.05) is 19.2 Å². The number of amides is 1. The summed E-state index contributed by atoms with van der Waals surface area (Å²) < 4.78 is 8.67. The SMILES string of the molecule is COc1cnn(C)c1-c1ccc2nc(NC(=O)C3CC3)cn2n1. The van der Waals surface area contributed by atoms with Gasteiger partial charge in [-0.1, -0.05) is 0 Å². The Balaban J connectivity index is 1.70. The molecule has 0 saturated heterocycles. The number of aromatic nitrogens is 5. The molecular formula is C15H16N6O2. The van der Waals surface area contributed by atoms with Gasteiger partial charge in [0.05, 0.1) is 19.5 Å². The van der Waals surface area contributed by atoms with Crippen molar-refractivity contribution in [2.24, 2.45) is 13.0 Å². The van der Waals surface area contributed by atoms with Gasteiger partial charge in [0.1, 0.15) is 11.4 Å². The molecule has 1 fully saturated rings. The summed E-state index contributed by atoms with van der Waals surface area (Å²) in [4.78, 5) is 16.2. The number of nitrogens with one attached hydrogen (secondary N) is 1. The molecule has 3 heterocycles. The maximum Gasteiger partial charge on any atom is 0.228 e. The molecule has 0 bridgehead atoms. The fraction of sp³-hybridized carbons (Fsp3) is 0.333. The largest absolute Gasteiger partial charge is 0.493 e. The second-order valence-corrected chi connectivity index (χ2v) is 5.60. The lowest BCUT2D eigenvalue weighted by atomic mass is 10.3. The summed E-state index contributed by atoms with van der Waals surface area (Å²) in [5, 5.41) is 11.6. The van der Waals surface area contributed by atoms with Crippen LogP contribution in [0.2, 0.25) is 0 Å². The molecule has 0 radical (unpaired) electrons. The van der Waals surface area contributed by atoms with Crippen molar-refractivity contribution >= 4 is 17.4 Å². The number of hydrogen-bond donors (Lipinski definition) is 1. The molecule has 1 aliphatic carbocycles. The minimum Gasteiger partial charge on any atom is -0.493 e. The molecule has 3 aromatic rings. The maximum absolute atomic E-state index is 11.8. The van der Waals surface area contributed by atoms with Crippen LogP contribution in [0.1, 0.15) is 12.8 Å². The Morgan fingerprint density at radius 2 is 2.22 bits per heavy atom. The Morgan fingerprint density at radius 1 is 1.39 bits per heavy atom. The summed E-state index contributed by atoms with van der Waals surface area (Å²) in [6.07, 6.45) is 5.28. The van der Waals surface area contributed by atoms with Gasteiger partial charge in [0.25, 0.3) is 0 Å². The summed E-state index contributed by atoms with van der Waals surface area (Å²) >= 11 is 0. The molecule has 1 aliphatic rings. The number of aryl methyl sites for hydroxylation is 1. The van der Waals surface area contributed by atoms with Crippen molar-refractivity contribution in [3.05, 3.63) is 24.5 Å². The first-order valence-corrected chi connectivity index (χ1v) is 7.39. The van der Waals surface area contributed by atoms with Crippen LogP contribution in [-0.2, 0) is 11.8 Å². The van der Waals surface area contributed by atoms with Crippen molar-refractivity contribution in [3.63, 3.8) is 0 Å². The Hall–Kier alpha value is -2.90. The molecular weight excluding hydrogens is 296 g/mol. The highest BCUT2D eigenvalue weighted by Gasteiger charge is 2.30. The van der Waals surface area contributed by atoms with Gasteiger partial charge >= 0.3 is 0 Å². The van der Waals surface area contributed by atoms with E-state index in [2.05, 4.69) is 20.5 Å². The average molecular weight is 312 g/mol. The van der Waals surface area contributed by atoms with Crippen LogP contribution < -0.4 is 10.1 Å². The van der Waals surface area contributed by atoms with Gasteiger partial charge in [-0.3, -0.25) is 9.48 Å². The predicted molar refractivity (Wildman–Crippen MR) is 83.1 cm³/mol. The van der Waals surface area contributed by atoms with Crippen LogP contribution in [0.4, 0.5) is 5.82 Å². The highest BCUT2D eigenvalue weighted by atomic mass is 16.5. The topological polar surface area (TPSA) is 86.3 Å². The lowest BCUT2D eigenvalue weighted by molar-refractivity contribution is -0.117. The van der Waals surface area contributed by atoms with E-state index in [9.17, 15) is 4.79 Å². The van der Waals surface area contributed by atoms with E-state index in [1.54, 1.807) is 28.7 Å². The predicted octanol–water partition coefficient (Wildman–Crippen LogP) is 1.49. The number of ether oxygens (including phenoxy) is 1. The van der Waals surface area contributed by atoms with Gasteiger partial charge in [0, 0.05) is 13.0 Å². The number of carbonyl (C=O) groups is 1. The van der Waals surface area contributed by atoms with Crippen molar-refractivity contribution in [2.75, 3.05) is 12.4 Å². The van der Waals surface area contributed by atoms with Crippen LogP contribution in [0.25, 0.3) is 17.0 Å². The average Bonchev–Trinajstić information content (AvgIpc) is 3.22. The number of imidazole rings is 1. The van der Waals surface area contributed by atoms with Crippen LogP contribution in [0, 0.1) is 5.92 Å². The van der Waals surface area contributed by atoms with Crippen molar-refractivity contribution in [3.8, 4) is 17.1 Å². The Morgan fingerprint density at radius 3 is 2.96 bits per heavy atom. The molecule has 3 aromatic heterocycles. The first-order valence-electron chi connectivity index (χ1n) is 7.39. The zero-order valence-corrected chi connectivity index (χ0v) is 12.9. The molecule has 0 atom stereocenters. The number of methoxy groups -OCH3 is 1. The smallest absolute Gasteiger partial charge is 0.228 e. The first kappa shape index (κ1) is 13.7. The maximum atomic E-state index is 11.8. The first-order chi connectivity index (χ1) is 11.2. The second-order valence-electron chi connectivity index (χ2n) is 5.60. The minimum absolute atomic E-state index is 0.0296. The number of hydrogen-bond acceptors (Lipinski definition) is 5. The molecule has 0 spiro atoms. The number of nitrogens with zero attached hydrogens (tertiary/aromatic N) is 5. The summed E-state index contributed by atoms with van der Waals surface area (Å²) in [6.45, 7) is 0. The normalized spacial score (nSPS) is 14.2. The number of rotatable bonds is 4. The Bertz CT molecular complexity index is 893. The fourth-order valence-electron chi connectivity index (χ4n) is 2.50. The van der Waals surface area contributed by atoms with Gasteiger partial charge in [-0.25, -0.2) is 9.50 Å². The van der Waals surface area contributed by atoms with Crippen molar-refractivity contribution in [1.29, 1.82) is 0 Å². The van der Waals surface area contributed by atoms with Crippen molar-refractivity contribution in [1.82, 2.24) is 24.4 Å².